The van der Waals surface area contributed by atoms with Gasteiger partial charge in [0, 0.05) is 6.42 Å². The van der Waals surface area contributed by atoms with Crippen LogP contribution in [0.4, 0.5) is 0 Å². The van der Waals surface area contributed by atoms with Crippen LogP contribution in [-0.2, 0) is 4.79 Å². The van der Waals surface area contributed by atoms with E-state index in [1.165, 1.54) is 12.0 Å². The summed E-state index contributed by atoms with van der Waals surface area (Å²) in [6.45, 7) is 8.90. The lowest BCUT2D eigenvalue weighted by molar-refractivity contribution is -0.116. The summed E-state index contributed by atoms with van der Waals surface area (Å²) in [6, 6.07) is 0. The molecule has 0 aromatic rings. The minimum absolute atomic E-state index is 0.307. The molecule has 2 aliphatic rings. The van der Waals surface area contributed by atoms with Crippen LogP contribution < -0.4 is 0 Å². The maximum atomic E-state index is 11.5. The van der Waals surface area contributed by atoms with Crippen molar-refractivity contribution in [3.63, 3.8) is 0 Å². The van der Waals surface area contributed by atoms with Gasteiger partial charge in [0.05, 0.1) is 0 Å². The molecule has 0 amide bonds. The number of carbonyl (C=O) groups excluding carboxylic acids is 1. The topological polar surface area (TPSA) is 17.1 Å². The summed E-state index contributed by atoms with van der Waals surface area (Å²) in [5.74, 6) is 1.63. The van der Waals surface area contributed by atoms with Crippen LogP contribution in [-0.4, -0.2) is 5.78 Å². The van der Waals surface area contributed by atoms with Gasteiger partial charge in [-0.2, -0.15) is 0 Å². The summed E-state index contributed by atoms with van der Waals surface area (Å²) >= 11 is 0. The summed E-state index contributed by atoms with van der Waals surface area (Å²) in [4.78, 5) is 11.5. The number of Topliss-reactive ketones (excluding diaryl/α,β-unsaturated/α-hetero) is 1. The van der Waals surface area contributed by atoms with E-state index >= 15 is 0 Å². The zero-order valence-electron chi connectivity index (χ0n) is 10.8. The summed E-state index contributed by atoms with van der Waals surface area (Å²) in [5, 5.41) is 0. The summed E-state index contributed by atoms with van der Waals surface area (Å²) in [7, 11) is 0. The Bertz CT molecular complexity index is 371. The van der Waals surface area contributed by atoms with Crippen molar-refractivity contribution in [2.75, 3.05) is 0 Å². The van der Waals surface area contributed by atoms with Gasteiger partial charge in [-0.25, -0.2) is 0 Å². The Kier molecular flexibility index (Phi) is 2.81. The van der Waals surface area contributed by atoms with E-state index in [2.05, 4.69) is 32.9 Å². The highest BCUT2D eigenvalue weighted by atomic mass is 16.1. The monoisotopic (exact) mass is 218 g/mol. The second-order valence-corrected chi connectivity index (χ2v) is 5.93. The van der Waals surface area contributed by atoms with E-state index in [9.17, 15) is 4.79 Å². The average molecular weight is 218 g/mol. The molecule has 0 aromatic carbocycles. The van der Waals surface area contributed by atoms with Gasteiger partial charge in [-0.3, -0.25) is 4.79 Å². The number of ketones is 1. The lowest BCUT2D eigenvalue weighted by Crippen LogP contribution is -2.29. The fraction of sp³-hybridized carbons (Fsp3) is 0.667. The molecule has 2 aliphatic carbocycles. The molecule has 0 saturated heterocycles. The highest BCUT2D eigenvalue weighted by molar-refractivity contribution is 5.95. The molecule has 1 nitrogen and oxygen atoms in total. The van der Waals surface area contributed by atoms with Crippen molar-refractivity contribution in [2.45, 2.75) is 47.0 Å². The molecule has 0 radical (unpaired) electrons. The van der Waals surface area contributed by atoms with E-state index < -0.39 is 0 Å². The maximum Gasteiger partial charge on any atom is 0.158 e. The van der Waals surface area contributed by atoms with Crippen LogP contribution in [0.25, 0.3) is 0 Å². The Hall–Kier alpha value is -0.850. The van der Waals surface area contributed by atoms with Crippen LogP contribution in [0.3, 0.4) is 0 Å². The van der Waals surface area contributed by atoms with Gasteiger partial charge in [0.1, 0.15) is 0 Å². The van der Waals surface area contributed by atoms with Gasteiger partial charge >= 0.3 is 0 Å². The van der Waals surface area contributed by atoms with Gasteiger partial charge in [-0.05, 0) is 49.5 Å². The van der Waals surface area contributed by atoms with Crippen molar-refractivity contribution in [1.29, 1.82) is 0 Å². The highest BCUT2D eigenvalue weighted by Gasteiger charge is 2.39. The largest absolute Gasteiger partial charge is 0.295 e. The zero-order chi connectivity index (χ0) is 11.9. The predicted molar refractivity (Wildman–Crippen MR) is 67.1 cm³/mol. The fourth-order valence-electron chi connectivity index (χ4n) is 3.17. The Balaban J connectivity index is 2.20. The van der Waals surface area contributed by atoms with E-state index in [1.807, 2.05) is 6.92 Å². The van der Waals surface area contributed by atoms with E-state index in [-0.39, 0.29) is 0 Å². The molecule has 0 aromatic heterocycles. The van der Waals surface area contributed by atoms with Gasteiger partial charge in [0.25, 0.3) is 0 Å². The molecule has 0 saturated carbocycles. The molecule has 1 heteroatoms. The standard InChI is InChI=1S/C15H22O/c1-10-9-12(6-8-14(10)16)13-7-5-11(2)15(13,3)4/h5,9,12-13H,6-8H2,1-4H3/t12?,13-/m0/s1. The summed E-state index contributed by atoms with van der Waals surface area (Å²) in [5.41, 5.74) is 2.80. The lowest BCUT2D eigenvalue weighted by Gasteiger charge is -2.36. The van der Waals surface area contributed by atoms with Gasteiger partial charge in [0.15, 0.2) is 5.78 Å². The van der Waals surface area contributed by atoms with Crippen LogP contribution in [0, 0.1) is 17.3 Å². The lowest BCUT2D eigenvalue weighted by atomic mass is 9.68. The average Bonchev–Trinajstić information content (AvgIpc) is 2.47. The Morgan fingerprint density at radius 2 is 2.00 bits per heavy atom. The third-order valence-electron chi connectivity index (χ3n) is 4.75. The minimum Gasteiger partial charge on any atom is -0.295 e. The first-order valence-electron chi connectivity index (χ1n) is 6.32. The van der Waals surface area contributed by atoms with Gasteiger partial charge in [-0.15, -0.1) is 0 Å². The molecule has 0 aliphatic heterocycles. The first kappa shape index (κ1) is 11.6. The molecule has 0 fully saturated rings. The SMILES string of the molecule is CC1=CC([C@@H]2CC=C(C)C2(C)C)CCC1=O. The van der Waals surface area contributed by atoms with E-state index in [4.69, 9.17) is 0 Å². The second kappa shape index (κ2) is 3.87. The first-order valence-corrected chi connectivity index (χ1v) is 6.32. The van der Waals surface area contributed by atoms with Crippen molar-refractivity contribution in [3.05, 3.63) is 23.3 Å². The number of hydrogen-bond donors (Lipinski definition) is 0. The van der Waals surface area contributed by atoms with Crippen molar-refractivity contribution < 1.29 is 4.79 Å². The molecule has 0 spiro atoms. The normalized spacial score (nSPS) is 33.6. The summed E-state index contributed by atoms with van der Waals surface area (Å²) < 4.78 is 0. The highest BCUT2D eigenvalue weighted by Crippen LogP contribution is 2.49. The summed E-state index contributed by atoms with van der Waals surface area (Å²) in [6.07, 6.45) is 7.58. The fourth-order valence-corrected chi connectivity index (χ4v) is 3.17. The van der Waals surface area contributed by atoms with E-state index in [0.717, 1.165) is 18.4 Å². The molecule has 2 atom stereocenters. The molecule has 1 unspecified atom stereocenters. The van der Waals surface area contributed by atoms with E-state index in [0.29, 0.717) is 23.0 Å². The number of rotatable bonds is 1. The molecule has 88 valence electrons. The number of allylic oxidation sites excluding steroid dienone is 4. The van der Waals surface area contributed by atoms with Gasteiger partial charge < -0.3 is 0 Å². The number of hydrogen-bond acceptors (Lipinski definition) is 1. The van der Waals surface area contributed by atoms with Crippen LogP contribution in [0.1, 0.15) is 47.0 Å². The minimum atomic E-state index is 0.307. The molecule has 16 heavy (non-hydrogen) atoms. The van der Waals surface area contributed by atoms with Crippen LogP contribution in [0.15, 0.2) is 23.3 Å². The molecular formula is C15H22O. The third-order valence-corrected chi connectivity index (χ3v) is 4.75. The smallest absolute Gasteiger partial charge is 0.158 e. The number of carbonyl (C=O) groups is 1. The van der Waals surface area contributed by atoms with Gasteiger partial charge in [0.2, 0.25) is 0 Å². The second-order valence-electron chi connectivity index (χ2n) is 5.93. The first-order chi connectivity index (χ1) is 7.43. The van der Waals surface area contributed by atoms with Crippen LogP contribution >= 0.6 is 0 Å². The maximum absolute atomic E-state index is 11.5. The molecule has 0 bridgehead atoms. The molecular weight excluding hydrogens is 196 g/mol. The van der Waals surface area contributed by atoms with Crippen LogP contribution in [0.5, 0.6) is 0 Å². The Morgan fingerprint density at radius 1 is 1.31 bits per heavy atom. The van der Waals surface area contributed by atoms with Crippen molar-refractivity contribution in [2.24, 2.45) is 17.3 Å². The van der Waals surface area contributed by atoms with Gasteiger partial charge in [-0.1, -0.05) is 31.6 Å². The van der Waals surface area contributed by atoms with Crippen molar-refractivity contribution >= 4 is 5.78 Å². The van der Waals surface area contributed by atoms with Crippen LogP contribution in [0.2, 0.25) is 0 Å². The Morgan fingerprint density at radius 3 is 2.50 bits per heavy atom. The Labute approximate surface area is 98.6 Å². The molecule has 0 N–H and O–H groups in total. The molecule has 2 rings (SSSR count). The quantitative estimate of drug-likeness (QED) is 0.610. The van der Waals surface area contributed by atoms with E-state index in [1.54, 1.807) is 0 Å². The molecule has 0 heterocycles. The third kappa shape index (κ3) is 1.77. The zero-order valence-corrected chi connectivity index (χ0v) is 10.8. The van der Waals surface area contributed by atoms with Crippen molar-refractivity contribution in [1.82, 2.24) is 0 Å². The van der Waals surface area contributed by atoms with Crippen molar-refractivity contribution in [3.8, 4) is 0 Å². The predicted octanol–water partition coefficient (Wildman–Crippen LogP) is 3.90.